The minimum absolute atomic E-state index is 0.975. The smallest absolute Gasteiger partial charge is 0.00135 e. The molecule has 0 aliphatic heterocycles. The van der Waals surface area contributed by atoms with E-state index in [0.29, 0.717) is 0 Å². The van der Waals surface area contributed by atoms with E-state index in [1.54, 1.807) is 0 Å². The molecular formula is C21H16. The summed E-state index contributed by atoms with van der Waals surface area (Å²) in [6, 6.07) is 30.4. The molecule has 4 rings (SSSR count). The Morgan fingerprint density at radius 1 is 0.429 bits per heavy atom. The number of hydrogen-bond donors (Lipinski definition) is 0. The zero-order valence-electron chi connectivity index (χ0n) is 11.8. The van der Waals surface area contributed by atoms with Gasteiger partial charge in [-0.25, -0.2) is 0 Å². The van der Waals surface area contributed by atoms with E-state index in [4.69, 9.17) is 0 Å². The van der Waals surface area contributed by atoms with Crippen molar-refractivity contribution in [3.63, 3.8) is 0 Å². The van der Waals surface area contributed by atoms with E-state index in [0.717, 1.165) is 6.42 Å². The number of benzene rings is 4. The summed E-state index contributed by atoms with van der Waals surface area (Å²) in [5, 5.41) is 5.34. The van der Waals surface area contributed by atoms with Crippen molar-refractivity contribution in [2.75, 3.05) is 0 Å². The normalized spacial score (nSPS) is 11.0. The van der Waals surface area contributed by atoms with Crippen LogP contribution >= 0.6 is 0 Å². The van der Waals surface area contributed by atoms with Crippen LogP contribution in [0.15, 0.2) is 84.9 Å². The fourth-order valence-electron chi connectivity index (χ4n) is 3.10. The summed E-state index contributed by atoms with van der Waals surface area (Å²) in [4.78, 5) is 0. The average Bonchev–Trinajstić information content (AvgIpc) is 2.56. The molecule has 0 aliphatic rings. The van der Waals surface area contributed by atoms with E-state index in [1.165, 1.54) is 32.7 Å². The summed E-state index contributed by atoms with van der Waals surface area (Å²) in [6.45, 7) is 0. The maximum absolute atomic E-state index is 2.24. The minimum atomic E-state index is 0.975. The van der Waals surface area contributed by atoms with E-state index in [9.17, 15) is 0 Å². The van der Waals surface area contributed by atoms with E-state index in [1.807, 2.05) is 0 Å². The second kappa shape index (κ2) is 5.06. The van der Waals surface area contributed by atoms with Crippen LogP contribution in [0.1, 0.15) is 11.1 Å². The molecule has 0 aromatic heterocycles. The van der Waals surface area contributed by atoms with E-state index in [2.05, 4.69) is 84.9 Å². The van der Waals surface area contributed by atoms with Gasteiger partial charge >= 0.3 is 0 Å². The first kappa shape index (κ1) is 12.2. The van der Waals surface area contributed by atoms with Crippen LogP contribution in [0.3, 0.4) is 0 Å². The van der Waals surface area contributed by atoms with Gasteiger partial charge in [0.2, 0.25) is 0 Å². The Labute approximate surface area is 124 Å². The minimum Gasteiger partial charge on any atom is -0.0616 e. The van der Waals surface area contributed by atoms with E-state index >= 15 is 0 Å². The molecule has 0 spiro atoms. The van der Waals surface area contributed by atoms with Crippen LogP contribution in [0, 0.1) is 0 Å². The van der Waals surface area contributed by atoms with Crippen LogP contribution in [-0.2, 0) is 6.42 Å². The maximum atomic E-state index is 2.24. The summed E-state index contributed by atoms with van der Waals surface area (Å²) in [6.07, 6.45) is 0.975. The lowest BCUT2D eigenvalue weighted by molar-refractivity contribution is 1.24. The molecule has 0 heteroatoms. The SMILES string of the molecule is c1ccc2c(Cc3cccc4ccccc34)cccc2c1. The van der Waals surface area contributed by atoms with Crippen LogP contribution in [-0.4, -0.2) is 0 Å². The quantitative estimate of drug-likeness (QED) is 0.445. The summed E-state index contributed by atoms with van der Waals surface area (Å²) < 4.78 is 0. The highest BCUT2D eigenvalue weighted by Gasteiger charge is 2.04. The first-order valence-electron chi connectivity index (χ1n) is 7.35. The highest BCUT2D eigenvalue weighted by molar-refractivity contribution is 5.89. The largest absolute Gasteiger partial charge is 0.0616 e. The molecule has 0 amide bonds. The van der Waals surface area contributed by atoms with Gasteiger partial charge in [-0.3, -0.25) is 0 Å². The molecule has 0 saturated heterocycles. The lowest BCUT2D eigenvalue weighted by Gasteiger charge is -2.09. The monoisotopic (exact) mass is 268 g/mol. The molecule has 0 N–H and O–H groups in total. The molecule has 0 nitrogen and oxygen atoms in total. The van der Waals surface area contributed by atoms with Crippen molar-refractivity contribution < 1.29 is 0 Å². The molecule has 4 aromatic carbocycles. The molecule has 0 heterocycles. The van der Waals surface area contributed by atoms with Gasteiger partial charge in [-0.1, -0.05) is 84.9 Å². The van der Waals surface area contributed by atoms with Crippen molar-refractivity contribution in [3.05, 3.63) is 96.1 Å². The van der Waals surface area contributed by atoms with Crippen molar-refractivity contribution in [2.45, 2.75) is 6.42 Å². The summed E-state index contributed by atoms with van der Waals surface area (Å²) in [7, 11) is 0. The molecule has 21 heavy (non-hydrogen) atoms. The average molecular weight is 268 g/mol. The molecule has 0 aliphatic carbocycles. The van der Waals surface area contributed by atoms with Gasteiger partial charge in [-0.05, 0) is 39.1 Å². The van der Waals surface area contributed by atoms with Gasteiger partial charge in [-0.2, -0.15) is 0 Å². The summed E-state index contributed by atoms with van der Waals surface area (Å²) >= 11 is 0. The van der Waals surface area contributed by atoms with E-state index < -0.39 is 0 Å². The van der Waals surface area contributed by atoms with E-state index in [-0.39, 0.29) is 0 Å². The first-order chi connectivity index (χ1) is 10.4. The Morgan fingerprint density at radius 2 is 0.857 bits per heavy atom. The van der Waals surface area contributed by atoms with Gasteiger partial charge in [0.25, 0.3) is 0 Å². The Balaban J connectivity index is 1.87. The zero-order valence-corrected chi connectivity index (χ0v) is 11.8. The second-order valence-corrected chi connectivity index (χ2v) is 5.45. The van der Waals surface area contributed by atoms with Crippen LogP contribution in [0.25, 0.3) is 21.5 Å². The Morgan fingerprint density at radius 3 is 1.38 bits per heavy atom. The second-order valence-electron chi connectivity index (χ2n) is 5.45. The molecular weight excluding hydrogens is 252 g/mol. The predicted molar refractivity (Wildman–Crippen MR) is 90.7 cm³/mol. The third-order valence-electron chi connectivity index (χ3n) is 4.14. The maximum Gasteiger partial charge on any atom is -0.00135 e. The standard InChI is InChI=1S/C21H16/c1-3-13-20-16(7-1)9-5-11-18(20)15-19-12-6-10-17-8-2-4-14-21(17)19/h1-14H,15H2. The van der Waals surface area contributed by atoms with Crippen molar-refractivity contribution in [1.82, 2.24) is 0 Å². The fourth-order valence-corrected chi connectivity index (χ4v) is 3.10. The van der Waals surface area contributed by atoms with Crippen LogP contribution in [0.5, 0.6) is 0 Å². The summed E-state index contributed by atoms with van der Waals surface area (Å²) in [5.41, 5.74) is 2.79. The topological polar surface area (TPSA) is 0 Å². The molecule has 0 unspecified atom stereocenters. The molecule has 0 fully saturated rings. The van der Waals surface area contributed by atoms with Crippen molar-refractivity contribution in [3.8, 4) is 0 Å². The molecule has 0 atom stereocenters. The Bertz CT molecular complexity index is 831. The number of rotatable bonds is 2. The Kier molecular flexibility index (Phi) is 2.93. The number of fused-ring (bicyclic) bond motifs is 2. The van der Waals surface area contributed by atoms with Gasteiger partial charge in [-0.15, -0.1) is 0 Å². The van der Waals surface area contributed by atoms with Crippen LogP contribution < -0.4 is 0 Å². The van der Waals surface area contributed by atoms with Crippen LogP contribution in [0.2, 0.25) is 0 Å². The Hall–Kier alpha value is -2.60. The molecule has 0 saturated carbocycles. The summed E-state index contributed by atoms with van der Waals surface area (Å²) in [5.74, 6) is 0. The lowest BCUT2D eigenvalue weighted by atomic mass is 9.95. The molecule has 100 valence electrons. The predicted octanol–water partition coefficient (Wildman–Crippen LogP) is 5.58. The number of hydrogen-bond acceptors (Lipinski definition) is 0. The van der Waals surface area contributed by atoms with Gasteiger partial charge in [0.15, 0.2) is 0 Å². The van der Waals surface area contributed by atoms with Gasteiger partial charge in [0.05, 0.1) is 0 Å². The third kappa shape index (κ3) is 2.19. The molecule has 4 aromatic rings. The van der Waals surface area contributed by atoms with Crippen LogP contribution in [0.4, 0.5) is 0 Å². The van der Waals surface area contributed by atoms with Gasteiger partial charge in [0, 0.05) is 0 Å². The molecule has 0 bridgehead atoms. The highest BCUT2D eigenvalue weighted by Crippen LogP contribution is 2.25. The highest BCUT2D eigenvalue weighted by atomic mass is 14.1. The van der Waals surface area contributed by atoms with Crippen molar-refractivity contribution in [2.24, 2.45) is 0 Å². The zero-order chi connectivity index (χ0) is 14.1. The fraction of sp³-hybridized carbons (Fsp3) is 0.0476. The molecule has 0 radical (unpaired) electrons. The van der Waals surface area contributed by atoms with Crippen molar-refractivity contribution >= 4 is 21.5 Å². The van der Waals surface area contributed by atoms with Gasteiger partial charge < -0.3 is 0 Å². The first-order valence-corrected chi connectivity index (χ1v) is 7.35. The lowest BCUT2D eigenvalue weighted by Crippen LogP contribution is -1.91. The third-order valence-corrected chi connectivity index (χ3v) is 4.14. The van der Waals surface area contributed by atoms with Crippen molar-refractivity contribution in [1.29, 1.82) is 0 Å². The van der Waals surface area contributed by atoms with Gasteiger partial charge in [0.1, 0.15) is 0 Å².